The molecule has 1 amide bonds. The maximum absolute atomic E-state index is 13.5. The number of halogens is 1. The lowest BCUT2D eigenvalue weighted by Crippen LogP contribution is -2.35. The Kier molecular flexibility index (Phi) is 6.83. The van der Waals surface area contributed by atoms with Gasteiger partial charge in [-0.15, -0.1) is 0 Å². The zero-order valence-electron chi connectivity index (χ0n) is 18.5. The summed E-state index contributed by atoms with van der Waals surface area (Å²) in [5.41, 5.74) is 1.03. The summed E-state index contributed by atoms with van der Waals surface area (Å²) in [7, 11) is -3.59. The number of hydrogen-bond acceptors (Lipinski definition) is 7. The third-order valence-corrected chi connectivity index (χ3v) is 9.01. The molecule has 0 atom stereocenters. The number of carbonyl (C=O) groups is 1. The lowest BCUT2D eigenvalue weighted by Gasteiger charge is -2.25. The molecule has 180 valence electrons. The van der Waals surface area contributed by atoms with Crippen molar-refractivity contribution in [2.24, 2.45) is 5.10 Å². The molecule has 1 fully saturated rings. The van der Waals surface area contributed by atoms with Crippen LogP contribution in [0.3, 0.4) is 0 Å². The molecule has 8 nitrogen and oxygen atoms in total. The van der Waals surface area contributed by atoms with Crippen LogP contribution in [0.15, 0.2) is 79.7 Å². The summed E-state index contributed by atoms with van der Waals surface area (Å²) >= 11 is 4.78. The SMILES string of the molecule is O=C(c1ccc(S(=O)(=O)N2CCCCC2)cc1)N(/N=C/c1ccco1)c1nc2ccc(Br)cc2s1. The lowest BCUT2D eigenvalue weighted by atomic mass is 10.2. The van der Waals surface area contributed by atoms with Crippen LogP contribution in [0.2, 0.25) is 0 Å². The Morgan fingerprint density at radius 3 is 2.60 bits per heavy atom. The number of rotatable bonds is 6. The molecule has 0 spiro atoms. The summed E-state index contributed by atoms with van der Waals surface area (Å²) in [5.74, 6) is 0.0440. The van der Waals surface area contributed by atoms with Crippen LogP contribution < -0.4 is 5.01 Å². The number of benzene rings is 2. The summed E-state index contributed by atoms with van der Waals surface area (Å²) in [5, 5.41) is 5.94. The van der Waals surface area contributed by atoms with Crippen molar-refractivity contribution in [1.82, 2.24) is 9.29 Å². The molecule has 2 aromatic carbocycles. The number of amides is 1. The quantitative estimate of drug-likeness (QED) is 0.224. The highest BCUT2D eigenvalue weighted by Gasteiger charge is 2.27. The molecule has 4 aromatic rings. The first-order valence-electron chi connectivity index (χ1n) is 11.0. The Bertz CT molecular complexity index is 1480. The molecular formula is C24H21BrN4O4S2. The fraction of sp³-hybridized carbons (Fsp3) is 0.208. The monoisotopic (exact) mass is 572 g/mol. The van der Waals surface area contributed by atoms with Crippen molar-refractivity contribution in [1.29, 1.82) is 0 Å². The van der Waals surface area contributed by atoms with Crippen molar-refractivity contribution in [3.8, 4) is 0 Å². The van der Waals surface area contributed by atoms with E-state index in [1.807, 2.05) is 18.2 Å². The zero-order valence-corrected chi connectivity index (χ0v) is 21.7. The van der Waals surface area contributed by atoms with Gasteiger partial charge in [-0.05, 0) is 67.4 Å². The molecule has 0 saturated carbocycles. The minimum Gasteiger partial charge on any atom is -0.463 e. The highest BCUT2D eigenvalue weighted by Crippen LogP contribution is 2.32. The number of hydrogen-bond donors (Lipinski definition) is 0. The van der Waals surface area contributed by atoms with Crippen molar-refractivity contribution < 1.29 is 17.6 Å². The molecule has 5 rings (SSSR count). The first kappa shape index (κ1) is 23.9. The number of hydrazone groups is 1. The van der Waals surface area contributed by atoms with Crippen molar-refractivity contribution in [2.75, 3.05) is 18.1 Å². The van der Waals surface area contributed by atoms with E-state index >= 15 is 0 Å². The third-order valence-electron chi connectivity index (χ3n) is 5.61. The van der Waals surface area contributed by atoms with Gasteiger partial charge in [0.1, 0.15) is 5.76 Å². The van der Waals surface area contributed by atoms with Crippen molar-refractivity contribution >= 4 is 64.8 Å². The van der Waals surface area contributed by atoms with Crippen molar-refractivity contribution in [3.05, 3.63) is 76.7 Å². The van der Waals surface area contributed by atoms with Crippen LogP contribution in [0.25, 0.3) is 10.2 Å². The van der Waals surface area contributed by atoms with Gasteiger partial charge in [0.05, 0.1) is 27.6 Å². The highest BCUT2D eigenvalue weighted by molar-refractivity contribution is 9.10. The molecule has 0 bridgehead atoms. The third kappa shape index (κ3) is 5.08. The molecule has 2 aromatic heterocycles. The Balaban J connectivity index is 1.47. The number of aromatic nitrogens is 1. The van der Waals surface area contributed by atoms with E-state index in [0.717, 1.165) is 34.0 Å². The minimum atomic E-state index is -3.59. The van der Waals surface area contributed by atoms with Gasteiger partial charge in [-0.1, -0.05) is 33.7 Å². The molecular weight excluding hydrogens is 552 g/mol. The second kappa shape index (κ2) is 10.0. The molecule has 11 heteroatoms. The average Bonchev–Trinajstić information content (AvgIpc) is 3.54. The molecule has 1 aliphatic rings. The maximum atomic E-state index is 13.5. The number of piperidine rings is 1. The predicted molar refractivity (Wildman–Crippen MR) is 139 cm³/mol. The first-order chi connectivity index (χ1) is 16.9. The highest BCUT2D eigenvalue weighted by atomic mass is 79.9. The fourth-order valence-electron chi connectivity index (χ4n) is 3.79. The largest absolute Gasteiger partial charge is 0.463 e. The normalized spacial score (nSPS) is 15.1. The average molecular weight is 573 g/mol. The number of sulfonamides is 1. The maximum Gasteiger partial charge on any atom is 0.280 e. The molecule has 1 aliphatic heterocycles. The molecule has 1 saturated heterocycles. The van der Waals surface area contributed by atoms with Gasteiger partial charge < -0.3 is 4.42 Å². The van der Waals surface area contributed by atoms with Crippen molar-refractivity contribution in [2.45, 2.75) is 24.2 Å². The molecule has 0 N–H and O–H groups in total. The van der Waals surface area contributed by atoms with Crippen LogP contribution in [-0.4, -0.2) is 42.9 Å². The Hall–Kier alpha value is -2.86. The van der Waals surface area contributed by atoms with E-state index in [4.69, 9.17) is 4.42 Å². The molecule has 0 radical (unpaired) electrons. The minimum absolute atomic E-state index is 0.173. The van der Waals surface area contributed by atoms with Gasteiger partial charge in [-0.25, -0.2) is 13.4 Å². The van der Waals surface area contributed by atoms with E-state index in [-0.39, 0.29) is 4.90 Å². The summed E-state index contributed by atoms with van der Waals surface area (Å²) < 4.78 is 34.6. The Labute approximate surface area is 215 Å². The first-order valence-corrected chi connectivity index (χ1v) is 14.0. The molecule has 35 heavy (non-hydrogen) atoms. The smallest absolute Gasteiger partial charge is 0.280 e. The Morgan fingerprint density at radius 1 is 1.11 bits per heavy atom. The number of fused-ring (bicyclic) bond motifs is 1. The van der Waals surface area contributed by atoms with E-state index in [1.54, 1.807) is 12.1 Å². The van der Waals surface area contributed by atoms with E-state index in [1.165, 1.54) is 57.4 Å². The van der Waals surface area contributed by atoms with Crippen LogP contribution >= 0.6 is 27.3 Å². The topological polar surface area (TPSA) is 96.1 Å². The number of carbonyl (C=O) groups excluding carboxylic acids is 1. The summed E-state index contributed by atoms with van der Waals surface area (Å²) in [6, 6.07) is 15.1. The predicted octanol–water partition coefficient (Wildman–Crippen LogP) is 5.51. The van der Waals surface area contributed by atoms with Crippen LogP contribution in [0.5, 0.6) is 0 Å². The molecule has 0 unspecified atom stereocenters. The van der Waals surface area contributed by atoms with E-state index < -0.39 is 15.9 Å². The van der Waals surface area contributed by atoms with Crippen LogP contribution in [0, 0.1) is 0 Å². The van der Waals surface area contributed by atoms with Gasteiger partial charge in [-0.3, -0.25) is 4.79 Å². The standard InChI is InChI=1S/C24H21BrN4O4S2/c25-18-8-11-21-22(15-18)34-24(27-21)29(26-16-19-5-4-14-33-19)23(30)17-6-9-20(10-7-17)35(31,32)28-12-2-1-3-13-28/h4-11,14-16H,1-3,12-13H2/b26-16+. The van der Waals surface area contributed by atoms with Gasteiger partial charge in [0.15, 0.2) is 0 Å². The summed E-state index contributed by atoms with van der Waals surface area (Å²) in [4.78, 5) is 18.2. The number of nitrogens with zero attached hydrogens (tertiary/aromatic N) is 4. The second-order valence-corrected chi connectivity index (χ2v) is 11.8. The number of anilines is 1. The van der Waals surface area contributed by atoms with Gasteiger partial charge in [0.2, 0.25) is 15.2 Å². The Morgan fingerprint density at radius 2 is 1.89 bits per heavy atom. The fourth-order valence-corrected chi connectivity index (χ4v) is 6.78. The van der Waals surface area contributed by atoms with E-state index in [0.29, 0.717) is 29.5 Å². The van der Waals surface area contributed by atoms with Gasteiger partial charge >= 0.3 is 0 Å². The number of furan rings is 1. The van der Waals surface area contributed by atoms with Crippen LogP contribution in [-0.2, 0) is 10.0 Å². The van der Waals surface area contributed by atoms with Gasteiger partial charge in [0, 0.05) is 23.1 Å². The second-order valence-electron chi connectivity index (χ2n) is 7.97. The van der Waals surface area contributed by atoms with Gasteiger partial charge in [0.25, 0.3) is 5.91 Å². The molecule has 3 heterocycles. The zero-order chi connectivity index (χ0) is 24.4. The summed E-state index contributed by atoms with van der Waals surface area (Å²) in [6.45, 7) is 1.04. The van der Waals surface area contributed by atoms with Crippen LogP contribution in [0.4, 0.5) is 5.13 Å². The van der Waals surface area contributed by atoms with E-state index in [2.05, 4.69) is 26.0 Å². The number of thiazole rings is 1. The van der Waals surface area contributed by atoms with Crippen LogP contribution in [0.1, 0.15) is 35.4 Å². The van der Waals surface area contributed by atoms with E-state index in [9.17, 15) is 13.2 Å². The lowest BCUT2D eigenvalue weighted by molar-refractivity contribution is 0.0987. The van der Waals surface area contributed by atoms with Crippen molar-refractivity contribution in [3.63, 3.8) is 0 Å². The van der Waals surface area contributed by atoms with Gasteiger partial charge in [-0.2, -0.15) is 14.4 Å². The summed E-state index contributed by atoms with van der Waals surface area (Å²) in [6.07, 6.45) is 5.71. The molecule has 0 aliphatic carbocycles.